The van der Waals surface area contributed by atoms with Gasteiger partial charge in [-0.2, -0.15) is 0 Å². The van der Waals surface area contributed by atoms with Crippen molar-refractivity contribution in [3.05, 3.63) is 41.5 Å². The lowest BCUT2D eigenvalue weighted by Crippen LogP contribution is -2.35. The van der Waals surface area contributed by atoms with Crippen LogP contribution in [0, 0.1) is 0 Å². The van der Waals surface area contributed by atoms with E-state index in [0.29, 0.717) is 0 Å². The molecule has 0 fully saturated rings. The van der Waals surface area contributed by atoms with Crippen molar-refractivity contribution in [2.45, 2.75) is 27.2 Å². The first-order valence-corrected chi connectivity index (χ1v) is 7.38. The second kappa shape index (κ2) is 9.40. The average Bonchev–Trinajstić information content (AvgIpc) is 2.51. The topological polar surface area (TPSA) is 84.5 Å². The normalized spacial score (nSPS) is 9.70. The molecule has 0 unspecified atom stereocenters. The van der Waals surface area contributed by atoms with Crippen LogP contribution in [0.5, 0.6) is 0 Å². The van der Waals surface area contributed by atoms with E-state index in [4.69, 9.17) is 4.74 Å². The number of anilines is 1. The van der Waals surface area contributed by atoms with Gasteiger partial charge in [0.25, 0.3) is 5.91 Å². The van der Waals surface area contributed by atoms with E-state index in [9.17, 15) is 14.4 Å². The van der Waals surface area contributed by atoms with Crippen LogP contribution in [0.1, 0.15) is 26.3 Å². The van der Waals surface area contributed by atoms with Crippen molar-refractivity contribution in [2.75, 3.05) is 18.5 Å². The smallest absolute Gasteiger partial charge is 0.331 e. The van der Waals surface area contributed by atoms with Crippen molar-refractivity contribution in [1.29, 1.82) is 0 Å². The number of esters is 1. The molecule has 0 atom stereocenters. The van der Waals surface area contributed by atoms with Gasteiger partial charge in [0.1, 0.15) is 0 Å². The van der Waals surface area contributed by atoms with Gasteiger partial charge in [0.05, 0.1) is 6.54 Å². The summed E-state index contributed by atoms with van der Waals surface area (Å²) in [5.41, 5.74) is 2.52. The zero-order chi connectivity index (χ0) is 17.2. The van der Waals surface area contributed by atoms with Crippen molar-refractivity contribution in [3.63, 3.8) is 0 Å². The highest BCUT2D eigenvalue weighted by Gasteiger charge is 2.09. The minimum Gasteiger partial charge on any atom is -0.452 e. The molecule has 2 N–H and O–H groups in total. The van der Waals surface area contributed by atoms with Crippen LogP contribution in [0.25, 0.3) is 0 Å². The molecule has 0 bridgehead atoms. The maximum Gasteiger partial charge on any atom is 0.331 e. The van der Waals surface area contributed by atoms with Crippen molar-refractivity contribution >= 4 is 23.5 Å². The number of hydrogen-bond donors (Lipinski definition) is 2. The third-order valence-electron chi connectivity index (χ3n) is 2.87. The van der Waals surface area contributed by atoms with Crippen LogP contribution >= 0.6 is 0 Å². The Bertz CT molecular complexity index is 604. The van der Waals surface area contributed by atoms with Crippen LogP contribution in [0.3, 0.4) is 0 Å². The minimum absolute atomic E-state index is 0.183. The number of amides is 2. The van der Waals surface area contributed by atoms with Gasteiger partial charge in [-0.25, -0.2) is 4.79 Å². The molecule has 0 radical (unpaired) electrons. The summed E-state index contributed by atoms with van der Waals surface area (Å²) < 4.78 is 4.74. The van der Waals surface area contributed by atoms with Crippen LogP contribution in [0.2, 0.25) is 0 Å². The van der Waals surface area contributed by atoms with Crippen LogP contribution in [-0.4, -0.2) is 30.9 Å². The van der Waals surface area contributed by atoms with Gasteiger partial charge in [0, 0.05) is 11.8 Å². The molecule has 0 aliphatic carbocycles. The van der Waals surface area contributed by atoms with Gasteiger partial charge in [0.15, 0.2) is 6.61 Å². The third kappa shape index (κ3) is 7.26. The number of hydrogen-bond acceptors (Lipinski definition) is 4. The van der Waals surface area contributed by atoms with E-state index in [-0.39, 0.29) is 12.5 Å². The number of benzene rings is 1. The predicted molar refractivity (Wildman–Crippen MR) is 87.8 cm³/mol. The minimum atomic E-state index is -0.582. The standard InChI is InChI=1S/C17H22N2O4/c1-4-13-7-5-6-8-14(13)19-15(20)10-18-16(21)11-23-17(22)9-12(2)3/h5-9H,4,10-11H2,1-3H3,(H,18,21)(H,19,20). The highest BCUT2D eigenvalue weighted by molar-refractivity contribution is 5.95. The molecule has 1 rings (SSSR count). The zero-order valence-corrected chi connectivity index (χ0v) is 13.6. The summed E-state index contributed by atoms with van der Waals surface area (Å²) in [6.45, 7) is 4.89. The summed E-state index contributed by atoms with van der Waals surface area (Å²) in [5, 5.41) is 5.14. The fourth-order valence-electron chi connectivity index (χ4n) is 1.79. The molecule has 0 heterocycles. The highest BCUT2D eigenvalue weighted by Crippen LogP contribution is 2.14. The van der Waals surface area contributed by atoms with Crippen LogP contribution in [-0.2, 0) is 25.5 Å². The molecule has 0 aliphatic rings. The summed E-state index contributed by atoms with van der Waals surface area (Å²) in [6, 6.07) is 7.46. The van der Waals surface area contributed by atoms with Crippen LogP contribution < -0.4 is 10.6 Å². The van der Waals surface area contributed by atoms with E-state index in [0.717, 1.165) is 23.2 Å². The number of nitrogens with one attached hydrogen (secondary N) is 2. The Morgan fingerprint density at radius 3 is 2.48 bits per heavy atom. The fraction of sp³-hybridized carbons (Fsp3) is 0.353. The van der Waals surface area contributed by atoms with Gasteiger partial charge in [-0.1, -0.05) is 30.7 Å². The lowest BCUT2D eigenvalue weighted by molar-refractivity contribution is -0.144. The number of carbonyl (C=O) groups is 3. The number of carbonyl (C=O) groups excluding carboxylic acids is 3. The molecular formula is C17H22N2O4. The van der Waals surface area contributed by atoms with E-state index < -0.39 is 18.5 Å². The van der Waals surface area contributed by atoms with Gasteiger partial charge in [0.2, 0.25) is 5.91 Å². The molecule has 0 aliphatic heterocycles. The highest BCUT2D eigenvalue weighted by atomic mass is 16.5. The van der Waals surface area contributed by atoms with Gasteiger partial charge in [-0.15, -0.1) is 0 Å². The summed E-state index contributed by atoms with van der Waals surface area (Å²) in [5.74, 6) is -1.45. The molecule has 2 amide bonds. The molecule has 0 saturated heterocycles. The Morgan fingerprint density at radius 2 is 1.83 bits per heavy atom. The molecular weight excluding hydrogens is 296 g/mol. The van der Waals surface area contributed by atoms with Gasteiger partial charge in [-0.3, -0.25) is 9.59 Å². The Balaban J connectivity index is 2.37. The monoisotopic (exact) mass is 318 g/mol. The second-order valence-electron chi connectivity index (χ2n) is 5.17. The molecule has 124 valence electrons. The van der Waals surface area contributed by atoms with Gasteiger partial charge < -0.3 is 15.4 Å². The largest absolute Gasteiger partial charge is 0.452 e. The van der Waals surface area contributed by atoms with Crippen molar-refractivity contribution in [3.8, 4) is 0 Å². The Kier molecular flexibility index (Phi) is 7.53. The van der Waals surface area contributed by atoms with Crippen LogP contribution in [0.4, 0.5) is 5.69 Å². The summed E-state index contributed by atoms with van der Waals surface area (Å²) in [4.78, 5) is 34.6. The Morgan fingerprint density at radius 1 is 1.13 bits per heavy atom. The molecule has 0 spiro atoms. The molecule has 1 aromatic carbocycles. The summed E-state index contributed by atoms with van der Waals surface area (Å²) in [7, 11) is 0. The van der Waals surface area contributed by atoms with E-state index in [1.807, 2.05) is 25.1 Å². The van der Waals surface area contributed by atoms with Crippen molar-refractivity contribution < 1.29 is 19.1 Å². The molecule has 6 heteroatoms. The first kappa shape index (κ1) is 18.4. The third-order valence-corrected chi connectivity index (χ3v) is 2.87. The van der Waals surface area contributed by atoms with Gasteiger partial charge in [-0.05, 0) is 31.9 Å². The Hall–Kier alpha value is -2.63. The summed E-state index contributed by atoms with van der Waals surface area (Å²) in [6.07, 6.45) is 2.09. The predicted octanol–water partition coefficient (Wildman–Crippen LogP) is 1.81. The van der Waals surface area contributed by atoms with Crippen LogP contribution in [0.15, 0.2) is 35.9 Å². The summed E-state index contributed by atoms with van der Waals surface area (Å²) >= 11 is 0. The fourth-order valence-corrected chi connectivity index (χ4v) is 1.79. The zero-order valence-electron chi connectivity index (χ0n) is 13.6. The van der Waals surface area contributed by atoms with Crippen molar-refractivity contribution in [1.82, 2.24) is 5.32 Å². The number of aryl methyl sites for hydroxylation is 1. The first-order chi connectivity index (χ1) is 10.9. The SMILES string of the molecule is CCc1ccccc1NC(=O)CNC(=O)COC(=O)C=C(C)C. The van der Waals surface area contributed by atoms with E-state index in [1.165, 1.54) is 6.08 Å². The first-order valence-electron chi connectivity index (χ1n) is 7.38. The maximum atomic E-state index is 11.8. The van der Waals surface area contributed by atoms with E-state index in [2.05, 4.69) is 10.6 Å². The molecule has 0 aromatic heterocycles. The van der Waals surface area contributed by atoms with Gasteiger partial charge >= 0.3 is 5.97 Å². The maximum absolute atomic E-state index is 11.8. The molecule has 0 saturated carbocycles. The molecule has 6 nitrogen and oxygen atoms in total. The molecule has 1 aromatic rings. The van der Waals surface area contributed by atoms with Crippen molar-refractivity contribution in [2.24, 2.45) is 0 Å². The second-order valence-corrected chi connectivity index (χ2v) is 5.17. The number of ether oxygens (including phenoxy) is 1. The lowest BCUT2D eigenvalue weighted by atomic mass is 10.1. The Labute approximate surface area is 135 Å². The number of para-hydroxylation sites is 1. The quantitative estimate of drug-likeness (QED) is 0.593. The number of rotatable bonds is 7. The average molecular weight is 318 g/mol. The van der Waals surface area contributed by atoms with E-state index >= 15 is 0 Å². The number of allylic oxidation sites excluding steroid dienone is 1. The molecule has 23 heavy (non-hydrogen) atoms. The van der Waals surface area contributed by atoms with E-state index in [1.54, 1.807) is 19.9 Å². The lowest BCUT2D eigenvalue weighted by Gasteiger charge is -2.10.